The predicted molar refractivity (Wildman–Crippen MR) is 75.8 cm³/mol. The normalized spacial score (nSPS) is 19.7. The highest BCUT2D eigenvalue weighted by atomic mass is 16.1. The number of nitrogen functional groups attached to an aromatic ring is 1. The van der Waals surface area contributed by atoms with Crippen LogP contribution >= 0.6 is 0 Å². The number of piperidine rings is 1. The third-order valence-electron chi connectivity index (χ3n) is 3.46. The van der Waals surface area contributed by atoms with Crippen molar-refractivity contribution in [2.24, 2.45) is 0 Å². The average Bonchev–Trinajstić information content (AvgIpc) is 2.30. The molecule has 0 aliphatic carbocycles. The number of amides is 1. The van der Waals surface area contributed by atoms with Crippen LogP contribution in [0.2, 0.25) is 0 Å². The monoisotopic (exact) mass is 247 g/mol. The summed E-state index contributed by atoms with van der Waals surface area (Å²) in [6, 6.07) is 6.28. The van der Waals surface area contributed by atoms with Gasteiger partial charge in [-0.25, -0.2) is 0 Å². The summed E-state index contributed by atoms with van der Waals surface area (Å²) < 4.78 is 0. The molecule has 1 saturated heterocycles. The molecule has 18 heavy (non-hydrogen) atoms. The van der Waals surface area contributed by atoms with E-state index in [0.29, 0.717) is 6.04 Å². The molecule has 1 aliphatic rings. The number of rotatable bonds is 2. The van der Waals surface area contributed by atoms with E-state index in [2.05, 4.69) is 17.1 Å². The van der Waals surface area contributed by atoms with Crippen LogP contribution < -0.4 is 16.0 Å². The summed E-state index contributed by atoms with van der Waals surface area (Å²) in [5.74, 6) is -0.0755. The third kappa shape index (κ3) is 2.75. The van der Waals surface area contributed by atoms with Gasteiger partial charge in [-0.2, -0.15) is 0 Å². The highest BCUT2D eigenvalue weighted by Gasteiger charge is 2.20. The first-order chi connectivity index (χ1) is 8.58. The van der Waals surface area contributed by atoms with Gasteiger partial charge in [0.2, 0.25) is 5.91 Å². The van der Waals surface area contributed by atoms with Gasteiger partial charge in [0.25, 0.3) is 0 Å². The van der Waals surface area contributed by atoms with E-state index in [-0.39, 0.29) is 5.91 Å². The van der Waals surface area contributed by atoms with Gasteiger partial charge < -0.3 is 16.0 Å². The van der Waals surface area contributed by atoms with E-state index in [1.165, 1.54) is 26.2 Å². The first-order valence-electron chi connectivity index (χ1n) is 6.51. The Morgan fingerprint density at radius 2 is 2.22 bits per heavy atom. The minimum absolute atomic E-state index is 0.0755. The number of hydrogen-bond acceptors (Lipinski definition) is 3. The number of benzene rings is 1. The zero-order valence-corrected chi connectivity index (χ0v) is 11.1. The summed E-state index contributed by atoms with van der Waals surface area (Å²) in [5, 5.41) is 2.75. The van der Waals surface area contributed by atoms with Gasteiger partial charge in [-0.15, -0.1) is 0 Å². The second kappa shape index (κ2) is 5.29. The van der Waals surface area contributed by atoms with Crippen LogP contribution in [0.3, 0.4) is 0 Å². The molecular formula is C14H21N3O. The molecule has 2 rings (SSSR count). The summed E-state index contributed by atoms with van der Waals surface area (Å²) in [6.45, 7) is 4.79. The van der Waals surface area contributed by atoms with Crippen molar-refractivity contribution in [3.63, 3.8) is 0 Å². The quantitative estimate of drug-likeness (QED) is 0.790. The fraction of sp³-hybridized carbons (Fsp3) is 0.500. The van der Waals surface area contributed by atoms with E-state index in [0.717, 1.165) is 23.6 Å². The zero-order valence-electron chi connectivity index (χ0n) is 11.1. The van der Waals surface area contributed by atoms with Crippen molar-refractivity contribution in [1.82, 2.24) is 0 Å². The summed E-state index contributed by atoms with van der Waals surface area (Å²) in [5.41, 5.74) is 8.67. The van der Waals surface area contributed by atoms with Crippen molar-refractivity contribution in [2.45, 2.75) is 39.2 Å². The van der Waals surface area contributed by atoms with Gasteiger partial charge in [0.1, 0.15) is 0 Å². The Kier molecular flexibility index (Phi) is 3.75. The van der Waals surface area contributed by atoms with E-state index in [9.17, 15) is 4.79 Å². The van der Waals surface area contributed by atoms with Crippen molar-refractivity contribution in [3.05, 3.63) is 18.2 Å². The van der Waals surface area contributed by atoms with Gasteiger partial charge in [-0.3, -0.25) is 4.79 Å². The smallest absolute Gasteiger partial charge is 0.221 e. The Labute approximate surface area is 108 Å². The number of carbonyl (C=O) groups excluding carboxylic acids is 1. The molecule has 1 atom stereocenters. The summed E-state index contributed by atoms with van der Waals surface area (Å²) in [4.78, 5) is 13.4. The Balaban J connectivity index is 2.20. The van der Waals surface area contributed by atoms with Crippen LogP contribution in [0.25, 0.3) is 0 Å². The van der Waals surface area contributed by atoms with Crippen molar-refractivity contribution in [3.8, 4) is 0 Å². The predicted octanol–water partition coefficient (Wildman–Crippen LogP) is 2.61. The second-order valence-electron chi connectivity index (χ2n) is 4.99. The molecular weight excluding hydrogens is 226 g/mol. The molecule has 98 valence electrons. The number of nitrogens with two attached hydrogens (primary N) is 1. The average molecular weight is 247 g/mol. The van der Waals surface area contributed by atoms with Crippen LogP contribution in [-0.2, 0) is 4.79 Å². The minimum Gasteiger partial charge on any atom is -0.397 e. The Morgan fingerprint density at radius 3 is 2.83 bits per heavy atom. The lowest BCUT2D eigenvalue weighted by Gasteiger charge is -2.36. The van der Waals surface area contributed by atoms with E-state index >= 15 is 0 Å². The highest BCUT2D eigenvalue weighted by molar-refractivity contribution is 5.90. The van der Waals surface area contributed by atoms with E-state index in [4.69, 9.17) is 5.73 Å². The molecule has 1 aliphatic heterocycles. The van der Waals surface area contributed by atoms with Gasteiger partial charge >= 0.3 is 0 Å². The number of carbonyl (C=O) groups is 1. The molecule has 4 heteroatoms. The van der Waals surface area contributed by atoms with Crippen molar-refractivity contribution < 1.29 is 4.79 Å². The van der Waals surface area contributed by atoms with Crippen LogP contribution in [0.15, 0.2) is 18.2 Å². The van der Waals surface area contributed by atoms with Crippen LogP contribution in [0.5, 0.6) is 0 Å². The molecule has 0 saturated carbocycles. The van der Waals surface area contributed by atoms with E-state index in [1.807, 2.05) is 18.2 Å². The molecule has 4 nitrogen and oxygen atoms in total. The van der Waals surface area contributed by atoms with Crippen LogP contribution in [-0.4, -0.2) is 18.5 Å². The molecule has 1 aromatic rings. The Bertz CT molecular complexity index is 445. The molecule has 1 aromatic carbocycles. The molecule has 1 heterocycles. The lowest BCUT2D eigenvalue weighted by atomic mass is 10.0. The summed E-state index contributed by atoms with van der Waals surface area (Å²) in [6.07, 6.45) is 3.73. The first kappa shape index (κ1) is 12.7. The molecule has 3 N–H and O–H groups in total. The molecule has 1 amide bonds. The Hall–Kier alpha value is -1.71. The van der Waals surface area contributed by atoms with E-state index < -0.39 is 0 Å². The van der Waals surface area contributed by atoms with Crippen molar-refractivity contribution in [2.75, 3.05) is 22.5 Å². The maximum absolute atomic E-state index is 11.0. The molecule has 0 unspecified atom stereocenters. The molecule has 1 fully saturated rings. The van der Waals surface area contributed by atoms with Crippen molar-refractivity contribution in [1.29, 1.82) is 0 Å². The summed E-state index contributed by atoms with van der Waals surface area (Å²) >= 11 is 0. The van der Waals surface area contributed by atoms with Gasteiger partial charge in [-0.1, -0.05) is 0 Å². The number of nitrogens with zero attached hydrogens (tertiary/aromatic N) is 1. The largest absolute Gasteiger partial charge is 0.397 e. The number of hydrogen-bond donors (Lipinski definition) is 2. The van der Waals surface area contributed by atoms with Gasteiger partial charge in [0.15, 0.2) is 0 Å². The van der Waals surface area contributed by atoms with Gasteiger partial charge in [0.05, 0.1) is 11.4 Å². The topological polar surface area (TPSA) is 58.4 Å². The van der Waals surface area contributed by atoms with Gasteiger partial charge in [0, 0.05) is 25.2 Å². The zero-order chi connectivity index (χ0) is 13.1. The maximum Gasteiger partial charge on any atom is 0.221 e. The fourth-order valence-electron chi connectivity index (χ4n) is 2.55. The molecule has 0 spiro atoms. The van der Waals surface area contributed by atoms with Crippen LogP contribution in [0.4, 0.5) is 17.1 Å². The van der Waals surface area contributed by atoms with E-state index in [1.54, 1.807) is 0 Å². The van der Waals surface area contributed by atoms with Crippen LogP contribution in [0.1, 0.15) is 33.1 Å². The summed E-state index contributed by atoms with van der Waals surface area (Å²) in [7, 11) is 0. The molecule has 0 radical (unpaired) electrons. The fourth-order valence-corrected chi connectivity index (χ4v) is 2.55. The third-order valence-corrected chi connectivity index (χ3v) is 3.46. The lowest BCUT2D eigenvalue weighted by Crippen LogP contribution is -2.37. The molecule has 0 bridgehead atoms. The SMILES string of the molecule is CC(=O)Nc1ccc(N2CCCC[C@H]2C)c(N)c1. The Morgan fingerprint density at radius 1 is 1.44 bits per heavy atom. The van der Waals surface area contributed by atoms with Gasteiger partial charge in [-0.05, 0) is 44.4 Å². The number of nitrogens with one attached hydrogen (secondary N) is 1. The van der Waals surface area contributed by atoms with Crippen LogP contribution in [0, 0.1) is 0 Å². The first-order valence-corrected chi connectivity index (χ1v) is 6.51. The molecule has 0 aromatic heterocycles. The maximum atomic E-state index is 11.0. The standard InChI is InChI=1S/C14H21N3O/c1-10-5-3-4-8-17(10)14-7-6-12(9-13(14)15)16-11(2)18/h6-7,9-10H,3-5,8,15H2,1-2H3,(H,16,18)/t10-/m1/s1. The number of anilines is 3. The minimum atomic E-state index is -0.0755. The second-order valence-corrected chi connectivity index (χ2v) is 4.99. The van der Waals surface area contributed by atoms with Crippen molar-refractivity contribution >= 4 is 23.0 Å². The lowest BCUT2D eigenvalue weighted by molar-refractivity contribution is -0.114. The highest BCUT2D eigenvalue weighted by Crippen LogP contribution is 2.31.